The summed E-state index contributed by atoms with van der Waals surface area (Å²) < 4.78 is 0. The molecule has 1 fully saturated rings. The van der Waals surface area contributed by atoms with E-state index in [0.717, 1.165) is 30.8 Å². The van der Waals surface area contributed by atoms with Crippen LogP contribution in [-0.2, 0) is 10.2 Å². The molecule has 2 N–H and O–H groups in total. The van der Waals surface area contributed by atoms with Crippen molar-refractivity contribution in [1.82, 2.24) is 4.90 Å². The van der Waals surface area contributed by atoms with E-state index in [4.69, 9.17) is 5.73 Å². The van der Waals surface area contributed by atoms with Crippen LogP contribution in [0.5, 0.6) is 0 Å². The van der Waals surface area contributed by atoms with Gasteiger partial charge >= 0.3 is 0 Å². The summed E-state index contributed by atoms with van der Waals surface area (Å²) in [6.45, 7) is 10.4. The zero-order valence-electron chi connectivity index (χ0n) is 15.2. The Kier molecular flexibility index (Phi) is 8.10. The Hall–Kier alpha value is -0.710. The monoisotopic (exact) mass is 370 g/mol. The Bertz CT molecular complexity index is 517. The van der Waals surface area contributed by atoms with Gasteiger partial charge in [-0.2, -0.15) is 0 Å². The van der Waals surface area contributed by atoms with E-state index in [9.17, 15) is 4.79 Å². The Morgan fingerprint density at radius 3 is 2.25 bits per heavy atom. The molecule has 1 aliphatic rings. The van der Waals surface area contributed by atoms with Gasteiger partial charge in [0.1, 0.15) is 0 Å². The van der Waals surface area contributed by atoms with E-state index in [1.54, 1.807) is 11.8 Å². The maximum Gasteiger partial charge on any atom is 0.232 e. The Labute approximate surface area is 157 Å². The lowest BCUT2D eigenvalue weighted by Gasteiger charge is -2.33. The number of thioether (sulfide) groups is 1. The maximum absolute atomic E-state index is 12.3. The van der Waals surface area contributed by atoms with Gasteiger partial charge in [0.25, 0.3) is 0 Å². The number of carbonyl (C=O) groups excluding carboxylic acids is 1. The van der Waals surface area contributed by atoms with Crippen LogP contribution in [0.2, 0.25) is 0 Å². The summed E-state index contributed by atoms with van der Waals surface area (Å²) in [5.74, 6) is 1.34. The molecule has 0 aliphatic carbocycles. The number of nitrogens with two attached hydrogens (primary N) is 1. The van der Waals surface area contributed by atoms with Crippen molar-refractivity contribution in [3.63, 3.8) is 0 Å². The second-order valence-corrected chi connectivity index (χ2v) is 8.69. The van der Waals surface area contributed by atoms with Crippen molar-refractivity contribution >= 4 is 30.1 Å². The molecule has 2 rings (SSSR count). The topological polar surface area (TPSA) is 46.3 Å². The second-order valence-electron chi connectivity index (χ2n) is 7.64. The molecule has 1 aromatic carbocycles. The van der Waals surface area contributed by atoms with Gasteiger partial charge in [-0.15, -0.1) is 24.2 Å². The largest absolute Gasteiger partial charge is 0.342 e. The molecule has 0 aromatic heterocycles. The minimum atomic E-state index is 0. The van der Waals surface area contributed by atoms with Crippen LogP contribution < -0.4 is 5.73 Å². The summed E-state index contributed by atoms with van der Waals surface area (Å²) in [6.07, 6.45) is 2.07. The van der Waals surface area contributed by atoms with Crippen LogP contribution in [0.3, 0.4) is 0 Å². The number of nitrogens with zero attached hydrogens (tertiary/aromatic N) is 1. The Balaban J connectivity index is 0.00000288. The highest BCUT2D eigenvalue weighted by molar-refractivity contribution is 8.00. The van der Waals surface area contributed by atoms with E-state index in [2.05, 4.69) is 52.0 Å². The first-order chi connectivity index (χ1) is 10.8. The molecular weight excluding hydrogens is 340 g/mol. The molecule has 1 atom stereocenters. The SMILES string of the molecule is CC(N)C1CCN(C(=O)CSc2ccc(C(C)(C)C)cc2)CC1.Cl. The predicted octanol–water partition coefficient (Wildman–Crippen LogP) is 4.08. The molecule has 1 aliphatic heterocycles. The van der Waals surface area contributed by atoms with E-state index < -0.39 is 0 Å². The van der Waals surface area contributed by atoms with Crippen LogP contribution in [-0.4, -0.2) is 35.7 Å². The fraction of sp³-hybridized carbons (Fsp3) is 0.632. The van der Waals surface area contributed by atoms with Crippen LogP contribution in [0.1, 0.15) is 46.1 Å². The lowest BCUT2D eigenvalue weighted by Crippen LogP contribution is -2.43. The van der Waals surface area contributed by atoms with Crippen molar-refractivity contribution in [2.45, 2.75) is 56.9 Å². The smallest absolute Gasteiger partial charge is 0.232 e. The summed E-state index contributed by atoms with van der Waals surface area (Å²) in [5, 5.41) is 0. The molecule has 0 saturated carbocycles. The van der Waals surface area contributed by atoms with E-state index in [1.165, 1.54) is 5.56 Å². The lowest BCUT2D eigenvalue weighted by molar-refractivity contribution is -0.129. The first-order valence-corrected chi connectivity index (χ1v) is 9.52. The normalized spacial score (nSPS) is 17.3. The van der Waals surface area contributed by atoms with Crippen molar-refractivity contribution in [3.8, 4) is 0 Å². The van der Waals surface area contributed by atoms with Gasteiger partial charge in [-0.1, -0.05) is 32.9 Å². The predicted molar refractivity (Wildman–Crippen MR) is 106 cm³/mol. The third-order valence-corrected chi connectivity index (χ3v) is 5.72. The fourth-order valence-electron chi connectivity index (χ4n) is 2.96. The van der Waals surface area contributed by atoms with Gasteiger partial charge in [-0.05, 0) is 48.8 Å². The van der Waals surface area contributed by atoms with Crippen LogP contribution in [0.15, 0.2) is 29.2 Å². The quantitative estimate of drug-likeness (QED) is 0.812. The van der Waals surface area contributed by atoms with E-state index in [-0.39, 0.29) is 29.8 Å². The molecule has 1 aromatic rings. The number of carbonyl (C=O) groups is 1. The van der Waals surface area contributed by atoms with Crippen molar-refractivity contribution in [3.05, 3.63) is 29.8 Å². The number of piperidine rings is 1. The maximum atomic E-state index is 12.3. The van der Waals surface area contributed by atoms with Crippen LogP contribution in [0, 0.1) is 5.92 Å². The second kappa shape index (κ2) is 9.12. The van der Waals surface area contributed by atoms with Gasteiger partial charge in [0.2, 0.25) is 5.91 Å². The summed E-state index contributed by atoms with van der Waals surface area (Å²) in [4.78, 5) is 15.5. The molecule has 1 unspecified atom stereocenters. The highest BCUT2D eigenvalue weighted by Crippen LogP contribution is 2.26. The number of amides is 1. The summed E-state index contributed by atoms with van der Waals surface area (Å²) in [7, 11) is 0. The zero-order valence-corrected chi connectivity index (χ0v) is 16.9. The van der Waals surface area contributed by atoms with Crippen molar-refractivity contribution < 1.29 is 4.79 Å². The average molecular weight is 371 g/mol. The van der Waals surface area contributed by atoms with E-state index >= 15 is 0 Å². The molecule has 1 heterocycles. The van der Waals surface area contributed by atoms with Gasteiger partial charge in [-0.25, -0.2) is 0 Å². The van der Waals surface area contributed by atoms with Crippen LogP contribution in [0.4, 0.5) is 0 Å². The molecule has 3 nitrogen and oxygen atoms in total. The summed E-state index contributed by atoms with van der Waals surface area (Å²) in [6, 6.07) is 8.83. The molecule has 1 amide bonds. The Morgan fingerprint density at radius 2 is 1.79 bits per heavy atom. The minimum Gasteiger partial charge on any atom is -0.342 e. The van der Waals surface area contributed by atoms with Gasteiger partial charge in [0.05, 0.1) is 5.75 Å². The highest BCUT2D eigenvalue weighted by atomic mass is 35.5. The number of hydrogen-bond acceptors (Lipinski definition) is 3. The number of likely N-dealkylation sites (tertiary alicyclic amines) is 1. The number of benzene rings is 1. The summed E-state index contributed by atoms with van der Waals surface area (Å²) in [5.41, 5.74) is 7.45. The average Bonchev–Trinajstić information content (AvgIpc) is 2.52. The zero-order chi connectivity index (χ0) is 17.0. The molecule has 0 radical (unpaired) electrons. The number of hydrogen-bond donors (Lipinski definition) is 1. The van der Waals surface area contributed by atoms with Crippen molar-refractivity contribution in [1.29, 1.82) is 0 Å². The molecule has 0 bridgehead atoms. The molecule has 1 saturated heterocycles. The van der Waals surface area contributed by atoms with Gasteiger partial charge in [0, 0.05) is 24.0 Å². The summed E-state index contributed by atoms with van der Waals surface area (Å²) >= 11 is 1.63. The first kappa shape index (κ1) is 21.3. The number of rotatable bonds is 4. The van der Waals surface area contributed by atoms with E-state index in [0.29, 0.717) is 11.7 Å². The Morgan fingerprint density at radius 1 is 1.25 bits per heavy atom. The number of halogens is 1. The van der Waals surface area contributed by atoms with Crippen molar-refractivity contribution in [2.75, 3.05) is 18.8 Å². The standard InChI is InChI=1S/C19H30N2OS.ClH/c1-14(20)15-9-11-21(12-10-15)18(22)13-23-17-7-5-16(6-8-17)19(2,3)4;/h5-8,14-15H,9-13,20H2,1-4H3;1H. The first-order valence-electron chi connectivity index (χ1n) is 8.54. The van der Waals surface area contributed by atoms with Crippen LogP contribution in [0.25, 0.3) is 0 Å². The van der Waals surface area contributed by atoms with Crippen molar-refractivity contribution in [2.24, 2.45) is 11.7 Å². The molecule has 0 spiro atoms. The molecule has 5 heteroatoms. The molecule has 24 heavy (non-hydrogen) atoms. The van der Waals surface area contributed by atoms with E-state index in [1.807, 2.05) is 4.90 Å². The lowest BCUT2D eigenvalue weighted by atomic mass is 9.87. The molecule has 136 valence electrons. The molecular formula is C19H31ClN2OS. The van der Waals surface area contributed by atoms with Gasteiger partial charge in [0.15, 0.2) is 0 Å². The third kappa shape index (κ3) is 5.98. The van der Waals surface area contributed by atoms with Gasteiger partial charge < -0.3 is 10.6 Å². The minimum absolute atomic E-state index is 0. The van der Waals surface area contributed by atoms with Crippen LogP contribution >= 0.6 is 24.2 Å². The van der Waals surface area contributed by atoms with Gasteiger partial charge in [-0.3, -0.25) is 4.79 Å². The highest BCUT2D eigenvalue weighted by Gasteiger charge is 2.24. The fourth-order valence-corrected chi connectivity index (χ4v) is 3.76. The third-order valence-electron chi connectivity index (χ3n) is 4.72.